The van der Waals surface area contributed by atoms with Gasteiger partial charge >= 0.3 is 0 Å². The Labute approximate surface area is 148 Å². The van der Waals surface area contributed by atoms with E-state index >= 15 is 0 Å². The molecular formula is C19H25N5O. The van der Waals surface area contributed by atoms with Crippen LogP contribution >= 0.6 is 0 Å². The second-order valence-electron chi connectivity index (χ2n) is 6.42. The van der Waals surface area contributed by atoms with Gasteiger partial charge in [-0.05, 0) is 49.7 Å². The molecular weight excluding hydrogens is 314 g/mol. The van der Waals surface area contributed by atoms with Gasteiger partial charge in [0.15, 0.2) is 0 Å². The molecule has 6 heteroatoms. The van der Waals surface area contributed by atoms with E-state index in [0.717, 1.165) is 44.0 Å². The molecule has 3 rings (SSSR count). The Hall–Kier alpha value is -2.47. The third-order valence-corrected chi connectivity index (χ3v) is 4.74. The zero-order valence-corrected chi connectivity index (χ0v) is 15.1. The zero-order valence-electron chi connectivity index (χ0n) is 15.1. The van der Waals surface area contributed by atoms with Gasteiger partial charge < -0.3 is 15.1 Å². The van der Waals surface area contributed by atoms with Crippen LogP contribution in [0.5, 0.6) is 0 Å². The first-order valence-corrected chi connectivity index (χ1v) is 8.76. The number of hydrogen-bond acceptors (Lipinski definition) is 5. The van der Waals surface area contributed by atoms with Crippen LogP contribution in [0.4, 0.5) is 11.6 Å². The molecule has 132 valence electrons. The lowest BCUT2D eigenvalue weighted by atomic mass is 10.1. The summed E-state index contributed by atoms with van der Waals surface area (Å²) in [5.74, 6) is 0.419. The first kappa shape index (κ1) is 17.4. The first-order valence-electron chi connectivity index (χ1n) is 8.76. The summed E-state index contributed by atoms with van der Waals surface area (Å²) < 4.78 is 0. The summed E-state index contributed by atoms with van der Waals surface area (Å²) in [4.78, 5) is 25.9. The SMILES string of the molecule is CCN1CCN(c2nccc(C(=O)Nc3ccc(C)c(C)c3)n2)CC1. The lowest BCUT2D eigenvalue weighted by molar-refractivity contribution is 0.102. The van der Waals surface area contributed by atoms with Gasteiger partial charge in [-0.2, -0.15) is 0 Å². The van der Waals surface area contributed by atoms with Crippen molar-refractivity contribution in [2.24, 2.45) is 0 Å². The summed E-state index contributed by atoms with van der Waals surface area (Å²) in [6.07, 6.45) is 1.66. The van der Waals surface area contributed by atoms with Crippen molar-refractivity contribution in [1.82, 2.24) is 14.9 Å². The Morgan fingerprint density at radius 3 is 2.56 bits per heavy atom. The fourth-order valence-electron chi connectivity index (χ4n) is 2.91. The number of benzene rings is 1. The van der Waals surface area contributed by atoms with E-state index < -0.39 is 0 Å². The topological polar surface area (TPSA) is 61.4 Å². The number of likely N-dealkylation sites (N-methyl/N-ethyl adjacent to an activating group) is 1. The smallest absolute Gasteiger partial charge is 0.274 e. The van der Waals surface area contributed by atoms with Gasteiger partial charge in [0, 0.05) is 38.1 Å². The summed E-state index contributed by atoms with van der Waals surface area (Å²) in [5.41, 5.74) is 3.52. The molecule has 0 unspecified atom stereocenters. The van der Waals surface area contributed by atoms with Gasteiger partial charge in [-0.15, -0.1) is 0 Å². The second kappa shape index (κ2) is 7.61. The Balaban J connectivity index is 1.70. The van der Waals surface area contributed by atoms with Crippen LogP contribution in [0.3, 0.4) is 0 Å². The first-order chi connectivity index (χ1) is 12.1. The Kier molecular flexibility index (Phi) is 5.28. The van der Waals surface area contributed by atoms with Crippen LogP contribution in [-0.4, -0.2) is 53.5 Å². The predicted octanol–water partition coefficient (Wildman–Crippen LogP) is 2.49. The zero-order chi connectivity index (χ0) is 17.8. The summed E-state index contributed by atoms with van der Waals surface area (Å²) in [5, 5.41) is 2.92. The van der Waals surface area contributed by atoms with Gasteiger partial charge in [-0.3, -0.25) is 4.79 Å². The van der Waals surface area contributed by atoms with Gasteiger partial charge in [-0.25, -0.2) is 9.97 Å². The summed E-state index contributed by atoms with van der Waals surface area (Å²) in [6, 6.07) is 7.54. The molecule has 0 radical (unpaired) electrons. The van der Waals surface area contributed by atoms with E-state index in [0.29, 0.717) is 11.6 Å². The molecule has 2 heterocycles. The van der Waals surface area contributed by atoms with Crippen LogP contribution in [0, 0.1) is 13.8 Å². The monoisotopic (exact) mass is 339 g/mol. The third-order valence-electron chi connectivity index (χ3n) is 4.74. The van der Waals surface area contributed by atoms with Gasteiger partial charge in [0.2, 0.25) is 5.95 Å². The molecule has 1 amide bonds. The van der Waals surface area contributed by atoms with Crippen LogP contribution in [0.1, 0.15) is 28.5 Å². The van der Waals surface area contributed by atoms with Crippen LogP contribution < -0.4 is 10.2 Å². The van der Waals surface area contributed by atoms with E-state index in [1.54, 1.807) is 12.3 Å². The number of anilines is 2. The molecule has 1 N–H and O–H groups in total. The highest BCUT2D eigenvalue weighted by molar-refractivity contribution is 6.03. The standard InChI is InChI=1S/C19H25N5O/c1-4-23-9-11-24(12-10-23)19-20-8-7-17(22-19)18(25)21-16-6-5-14(2)15(3)13-16/h5-8,13H,4,9-12H2,1-3H3,(H,21,25). The maximum absolute atomic E-state index is 12.5. The van der Waals surface area contributed by atoms with Crippen LogP contribution in [0.25, 0.3) is 0 Å². The highest BCUT2D eigenvalue weighted by atomic mass is 16.1. The highest BCUT2D eigenvalue weighted by Crippen LogP contribution is 2.16. The average Bonchev–Trinajstić information content (AvgIpc) is 2.65. The van der Waals surface area contributed by atoms with Gasteiger partial charge in [0.25, 0.3) is 5.91 Å². The normalized spacial score (nSPS) is 15.2. The Bertz CT molecular complexity index is 753. The number of aryl methyl sites for hydroxylation is 2. The van der Waals surface area contributed by atoms with Crippen molar-refractivity contribution in [3.8, 4) is 0 Å². The Morgan fingerprint density at radius 1 is 1.12 bits per heavy atom. The molecule has 0 spiro atoms. The minimum Gasteiger partial charge on any atom is -0.338 e. The Morgan fingerprint density at radius 2 is 1.88 bits per heavy atom. The van der Waals surface area contributed by atoms with E-state index in [2.05, 4.69) is 38.9 Å². The van der Waals surface area contributed by atoms with E-state index in [9.17, 15) is 4.79 Å². The molecule has 0 saturated carbocycles. The number of rotatable bonds is 4. The quantitative estimate of drug-likeness (QED) is 0.927. The third kappa shape index (κ3) is 4.14. The lowest BCUT2D eigenvalue weighted by Crippen LogP contribution is -2.46. The minimum absolute atomic E-state index is 0.209. The number of nitrogens with zero attached hydrogens (tertiary/aromatic N) is 4. The highest BCUT2D eigenvalue weighted by Gasteiger charge is 2.19. The van der Waals surface area contributed by atoms with Crippen LogP contribution in [-0.2, 0) is 0 Å². The van der Waals surface area contributed by atoms with Crippen molar-refractivity contribution in [2.75, 3.05) is 42.9 Å². The molecule has 6 nitrogen and oxygen atoms in total. The van der Waals surface area contributed by atoms with E-state index in [1.165, 1.54) is 5.56 Å². The number of carbonyl (C=O) groups excluding carboxylic acids is 1. The van der Waals surface area contributed by atoms with Gasteiger partial charge in [-0.1, -0.05) is 13.0 Å². The van der Waals surface area contributed by atoms with E-state index in [-0.39, 0.29) is 5.91 Å². The summed E-state index contributed by atoms with van der Waals surface area (Å²) in [7, 11) is 0. The molecule has 0 bridgehead atoms. The van der Waals surface area contributed by atoms with Gasteiger partial charge in [0.1, 0.15) is 5.69 Å². The predicted molar refractivity (Wildman–Crippen MR) is 100 cm³/mol. The molecule has 1 saturated heterocycles. The number of amides is 1. The molecule has 1 aliphatic heterocycles. The molecule has 0 atom stereocenters. The summed E-state index contributed by atoms with van der Waals surface area (Å²) >= 11 is 0. The van der Waals surface area contributed by atoms with Crippen molar-refractivity contribution in [1.29, 1.82) is 0 Å². The number of nitrogens with one attached hydrogen (secondary N) is 1. The van der Waals surface area contributed by atoms with Gasteiger partial charge in [0.05, 0.1) is 0 Å². The number of carbonyl (C=O) groups is 1. The molecule has 1 aliphatic rings. The lowest BCUT2D eigenvalue weighted by Gasteiger charge is -2.34. The fraction of sp³-hybridized carbons (Fsp3) is 0.421. The number of aromatic nitrogens is 2. The van der Waals surface area contributed by atoms with E-state index in [1.807, 2.05) is 25.1 Å². The molecule has 0 aliphatic carbocycles. The van der Waals surface area contributed by atoms with Crippen molar-refractivity contribution in [3.63, 3.8) is 0 Å². The minimum atomic E-state index is -0.209. The maximum Gasteiger partial charge on any atom is 0.274 e. The molecule has 1 aromatic carbocycles. The van der Waals surface area contributed by atoms with Crippen LogP contribution in [0.2, 0.25) is 0 Å². The maximum atomic E-state index is 12.5. The van der Waals surface area contributed by atoms with Crippen molar-refractivity contribution in [3.05, 3.63) is 47.3 Å². The van der Waals surface area contributed by atoms with Crippen molar-refractivity contribution in [2.45, 2.75) is 20.8 Å². The van der Waals surface area contributed by atoms with Crippen LogP contribution in [0.15, 0.2) is 30.5 Å². The van der Waals surface area contributed by atoms with Crippen molar-refractivity contribution >= 4 is 17.5 Å². The largest absolute Gasteiger partial charge is 0.338 e. The van der Waals surface area contributed by atoms with Crippen molar-refractivity contribution < 1.29 is 4.79 Å². The number of hydrogen-bond donors (Lipinski definition) is 1. The molecule has 1 fully saturated rings. The number of piperazine rings is 1. The molecule has 2 aromatic rings. The van der Waals surface area contributed by atoms with E-state index in [4.69, 9.17) is 0 Å². The summed E-state index contributed by atoms with van der Waals surface area (Å²) in [6.45, 7) is 11.1. The average molecular weight is 339 g/mol. The fourth-order valence-corrected chi connectivity index (χ4v) is 2.91. The molecule has 25 heavy (non-hydrogen) atoms. The second-order valence-corrected chi connectivity index (χ2v) is 6.42. The molecule has 1 aromatic heterocycles.